The standard InChI is InChI=1S/C22H31N3O5/c1-4-30-22(28)16-9-12-24(13-10-16)21(27)15(2)23-17-7-8-18(19(14-17)29-3)25-11-5-6-20(25)26/h7-8,14-16,23H,4-6,9-13H2,1-3H3/t15-/m1/s1. The zero-order chi connectivity index (χ0) is 21.7. The number of carbonyl (C=O) groups excluding carboxylic acids is 3. The summed E-state index contributed by atoms with van der Waals surface area (Å²) < 4.78 is 10.6. The first-order valence-electron chi connectivity index (χ1n) is 10.6. The maximum absolute atomic E-state index is 12.8. The van der Waals surface area contributed by atoms with E-state index in [9.17, 15) is 14.4 Å². The zero-order valence-electron chi connectivity index (χ0n) is 18.0. The van der Waals surface area contributed by atoms with Gasteiger partial charge in [-0.25, -0.2) is 0 Å². The van der Waals surface area contributed by atoms with Crippen molar-refractivity contribution in [1.29, 1.82) is 0 Å². The molecule has 0 radical (unpaired) electrons. The number of ether oxygens (including phenoxy) is 2. The van der Waals surface area contributed by atoms with Crippen molar-refractivity contribution in [2.24, 2.45) is 5.92 Å². The van der Waals surface area contributed by atoms with Gasteiger partial charge in [0.25, 0.3) is 0 Å². The highest BCUT2D eigenvalue weighted by molar-refractivity contribution is 5.97. The fraction of sp³-hybridized carbons (Fsp3) is 0.591. The van der Waals surface area contributed by atoms with Gasteiger partial charge in [-0.1, -0.05) is 0 Å². The molecule has 1 aromatic rings. The average Bonchev–Trinajstić information content (AvgIpc) is 3.19. The van der Waals surface area contributed by atoms with Crippen LogP contribution in [0.2, 0.25) is 0 Å². The van der Waals surface area contributed by atoms with Crippen LogP contribution < -0.4 is 15.0 Å². The van der Waals surface area contributed by atoms with Crippen LogP contribution >= 0.6 is 0 Å². The van der Waals surface area contributed by atoms with E-state index < -0.39 is 6.04 Å². The summed E-state index contributed by atoms with van der Waals surface area (Å²) in [5, 5.41) is 3.23. The molecule has 2 heterocycles. The monoisotopic (exact) mass is 417 g/mol. The largest absolute Gasteiger partial charge is 0.494 e. The number of carbonyl (C=O) groups is 3. The Morgan fingerprint density at radius 3 is 2.57 bits per heavy atom. The SMILES string of the molecule is CCOC(=O)C1CCN(C(=O)[C@@H](C)Nc2ccc(N3CCCC3=O)c(OC)c2)CC1. The number of esters is 1. The van der Waals surface area contributed by atoms with Gasteiger partial charge in [0.1, 0.15) is 11.8 Å². The molecule has 1 atom stereocenters. The molecule has 30 heavy (non-hydrogen) atoms. The number of rotatable bonds is 7. The van der Waals surface area contributed by atoms with E-state index in [0.717, 1.165) is 17.8 Å². The van der Waals surface area contributed by atoms with Gasteiger partial charge >= 0.3 is 5.97 Å². The van der Waals surface area contributed by atoms with Crippen molar-refractivity contribution >= 4 is 29.2 Å². The van der Waals surface area contributed by atoms with E-state index in [1.807, 2.05) is 25.1 Å². The normalized spacial score (nSPS) is 18.3. The predicted octanol–water partition coefficient (Wildman–Crippen LogP) is 2.42. The molecular formula is C22H31N3O5. The Morgan fingerprint density at radius 1 is 1.23 bits per heavy atom. The number of hydrogen-bond acceptors (Lipinski definition) is 6. The van der Waals surface area contributed by atoms with Gasteiger partial charge in [0.2, 0.25) is 11.8 Å². The van der Waals surface area contributed by atoms with Crippen LogP contribution in [0.4, 0.5) is 11.4 Å². The fourth-order valence-corrected chi connectivity index (χ4v) is 4.07. The molecule has 0 spiro atoms. The van der Waals surface area contributed by atoms with Crippen LogP contribution in [0.1, 0.15) is 39.5 Å². The Morgan fingerprint density at radius 2 is 1.97 bits per heavy atom. The minimum absolute atomic E-state index is 0.00456. The zero-order valence-corrected chi connectivity index (χ0v) is 18.0. The highest BCUT2D eigenvalue weighted by Crippen LogP contribution is 2.34. The lowest BCUT2D eigenvalue weighted by atomic mass is 9.96. The smallest absolute Gasteiger partial charge is 0.309 e. The molecule has 8 heteroatoms. The third-order valence-corrected chi connectivity index (χ3v) is 5.72. The van der Waals surface area contributed by atoms with E-state index in [0.29, 0.717) is 51.3 Å². The Hall–Kier alpha value is -2.77. The van der Waals surface area contributed by atoms with Gasteiger partial charge in [-0.2, -0.15) is 0 Å². The second kappa shape index (κ2) is 9.82. The minimum atomic E-state index is -0.423. The molecule has 2 amide bonds. The second-order valence-corrected chi connectivity index (χ2v) is 7.75. The molecule has 164 valence electrons. The molecule has 2 aliphatic heterocycles. The van der Waals surface area contributed by atoms with Crippen LogP contribution in [0.15, 0.2) is 18.2 Å². The third-order valence-electron chi connectivity index (χ3n) is 5.72. The highest BCUT2D eigenvalue weighted by Gasteiger charge is 2.30. The lowest BCUT2D eigenvalue weighted by Crippen LogP contribution is -2.46. The fourth-order valence-electron chi connectivity index (χ4n) is 4.07. The number of methoxy groups -OCH3 is 1. The van der Waals surface area contributed by atoms with Crippen molar-refractivity contribution in [2.45, 2.75) is 45.6 Å². The Balaban J connectivity index is 1.59. The van der Waals surface area contributed by atoms with Crippen LogP contribution in [0.25, 0.3) is 0 Å². The molecule has 0 bridgehead atoms. The van der Waals surface area contributed by atoms with E-state index in [1.165, 1.54) is 0 Å². The number of hydrogen-bond donors (Lipinski definition) is 1. The molecule has 1 aromatic carbocycles. The summed E-state index contributed by atoms with van der Waals surface area (Å²) in [7, 11) is 1.57. The summed E-state index contributed by atoms with van der Waals surface area (Å²) in [5.41, 5.74) is 1.51. The quantitative estimate of drug-likeness (QED) is 0.686. The minimum Gasteiger partial charge on any atom is -0.494 e. The van der Waals surface area contributed by atoms with Gasteiger partial charge in [0, 0.05) is 37.8 Å². The summed E-state index contributed by atoms with van der Waals surface area (Å²) in [6, 6.07) is 5.11. The molecule has 0 aromatic heterocycles. The Kier molecular flexibility index (Phi) is 7.18. The molecule has 8 nitrogen and oxygen atoms in total. The summed E-state index contributed by atoms with van der Waals surface area (Å²) in [6.07, 6.45) is 2.66. The van der Waals surface area contributed by atoms with E-state index >= 15 is 0 Å². The first-order valence-corrected chi connectivity index (χ1v) is 10.6. The summed E-state index contributed by atoms with van der Waals surface area (Å²) in [5.74, 6) is 0.408. The number of nitrogens with zero attached hydrogens (tertiary/aromatic N) is 2. The van der Waals surface area contributed by atoms with E-state index in [2.05, 4.69) is 5.32 Å². The maximum atomic E-state index is 12.8. The van der Waals surface area contributed by atoms with Gasteiger partial charge in [0.05, 0.1) is 25.3 Å². The molecular weight excluding hydrogens is 386 g/mol. The van der Waals surface area contributed by atoms with Crippen LogP contribution in [0.5, 0.6) is 5.75 Å². The van der Waals surface area contributed by atoms with Crippen molar-refractivity contribution in [3.8, 4) is 5.75 Å². The van der Waals surface area contributed by atoms with Crippen LogP contribution in [-0.2, 0) is 19.1 Å². The maximum Gasteiger partial charge on any atom is 0.309 e. The lowest BCUT2D eigenvalue weighted by Gasteiger charge is -2.33. The van der Waals surface area contributed by atoms with Gasteiger partial charge in [-0.05, 0) is 45.2 Å². The van der Waals surface area contributed by atoms with Crippen molar-refractivity contribution in [1.82, 2.24) is 4.90 Å². The van der Waals surface area contributed by atoms with E-state index in [1.54, 1.807) is 23.8 Å². The van der Waals surface area contributed by atoms with Crippen LogP contribution in [-0.4, -0.2) is 62.1 Å². The van der Waals surface area contributed by atoms with Crippen LogP contribution in [0.3, 0.4) is 0 Å². The summed E-state index contributed by atoms with van der Waals surface area (Å²) in [4.78, 5) is 40.3. The first-order chi connectivity index (χ1) is 14.4. The molecule has 2 saturated heterocycles. The predicted molar refractivity (Wildman–Crippen MR) is 114 cm³/mol. The van der Waals surface area contributed by atoms with Crippen molar-refractivity contribution < 1.29 is 23.9 Å². The Bertz CT molecular complexity index is 789. The highest BCUT2D eigenvalue weighted by atomic mass is 16.5. The molecule has 2 fully saturated rings. The lowest BCUT2D eigenvalue weighted by molar-refractivity contribution is -0.151. The molecule has 0 aliphatic carbocycles. The second-order valence-electron chi connectivity index (χ2n) is 7.75. The van der Waals surface area contributed by atoms with Gasteiger partial charge in [-0.3, -0.25) is 14.4 Å². The topological polar surface area (TPSA) is 88.2 Å². The summed E-state index contributed by atoms with van der Waals surface area (Å²) >= 11 is 0. The van der Waals surface area contributed by atoms with Crippen LogP contribution in [0, 0.1) is 5.92 Å². The van der Waals surface area contributed by atoms with Crippen molar-refractivity contribution in [2.75, 3.05) is 43.6 Å². The summed E-state index contributed by atoms with van der Waals surface area (Å²) in [6.45, 7) is 5.80. The third kappa shape index (κ3) is 4.86. The number of benzene rings is 1. The van der Waals surface area contributed by atoms with Gasteiger partial charge < -0.3 is 24.6 Å². The van der Waals surface area contributed by atoms with Gasteiger partial charge in [0.15, 0.2) is 0 Å². The molecule has 1 N–H and O–H groups in total. The molecule has 2 aliphatic rings. The van der Waals surface area contributed by atoms with E-state index in [-0.39, 0.29) is 23.7 Å². The van der Waals surface area contributed by atoms with Gasteiger partial charge in [-0.15, -0.1) is 0 Å². The average molecular weight is 418 g/mol. The molecule has 3 rings (SSSR count). The first kappa shape index (κ1) is 21.9. The number of likely N-dealkylation sites (tertiary alicyclic amines) is 1. The van der Waals surface area contributed by atoms with E-state index in [4.69, 9.17) is 9.47 Å². The Labute approximate surface area is 177 Å². The number of amides is 2. The van der Waals surface area contributed by atoms with Crippen molar-refractivity contribution in [3.05, 3.63) is 18.2 Å². The molecule has 0 unspecified atom stereocenters. The number of piperidine rings is 1. The molecule has 0 saturated carbocycles. The van der Waals surface area contributed by atoms with Crippen molar-refractivity contribution in [3.63, 3.8) is 0 Å². The number of anilines is 2. The number of nitrogens with one attached hydrogen (secondary N) is 1.